The number of aliphatic imine (C=N–C) groups is 1. The third-order valence-electron chi connectivity index (χ3n) is 4.74. The number of phenols is 1. The molecule has 6 N–H and O–H groups in total. The zero-order chi connectivity index (χ0) is 20.5. The number of nitrogens with zero attached hydrogens (tertiary/aromatic N) is 1. The first-order valence-electron chi connectivity index (χ1n) is 8.63. The predicted molar refractivity (Wildman–Crippen MR) is 102 cm³/mol. The molecule has 8 nitrogen and oxygen atoms in total. The van der Waals surface area contributed by atoms with Crippen molar-refractivity contribution >= 4 is 24.6 Å². The molecule has 9 heteroatoms. The van der Waals surface area contributed by atoms with Crippen LogP contribution in [-0.2, 0) is 12.0 Å². The van der Waals surface area contributed by atoms with Gasteiger partial charge in [-0.1, -0.05) is 24.3 Å². The summed E-state index contributed by atoms with van der Waals surface area (Å²) in [5.74, 6) is -2.54. The summed E-state index contributed by atoms with van der Waals surface area (Å²) in [5, 5.41) is 38.3. The molecule has 2 aromatic rings. The van der Waals surface area contributed by atoms with Crippen molar-refractivity contribution in [2.45, 2.75) is 24.8 Å². The lowest BCUT2D eigenvalue weighted by molar-refractivity contribution is 0.0693. The van der Waals surface area contributed by atoms with Crippen molar-refractivity contribution in [1.82, 2.24) is 0 Å². The summed E-state index contributed by atoms with van der Waals surface area (Å²) in [6.45, 7) is 0. The van der Waals surface area contributed by atoms with Gasteiger partial charge in [0.15, 0.2) is 0 Å². The van der Waals surface area contributed by atoms with Crippen molar-refractivity contribution < 1.29 is 29.9 Å². The predicted octanol–water partition coefficient (Wildman–Crippen LogP) is 0.874. The quantitative estimate of drug-likeness (QED) is 0.367. The molecule has 0 atom stereocenters. The number of aromatic carboxylic acids is 1. The number of hydrogen-bond acceptors (Lipinski definition) is 6. The van der Waals surface area contributed by atoms with Gasteiger partial charge in [0.05, 0.1) is 5.61 Å². The Balaban J connectivity index is 1.89. The number of aromatic hydroxyl groups is 1. The number of carbonyl (C=O) groups is 2. The van der Waals surface area contributed by atoms with E-state index in [2.05, 4.69) is 4.99 Å². The third-order valence-corrected chi connectivity index (χ3v) is 4.74. The van der Waals surface area contributed by atoms with E-state index in [-0.39, 0.29) is 28.7 Å². The highest BCUT2D eigenvalue weighted by molar-refractivity contribution is 6.80. The normalized spacial score (nSPS) is 15.2. The van der Waals surface area contributed by atoms with Crippen molar-refractivity contribution in [3.05, 3.63) is 64.7 Å². The molecule has 144 valence electrons. The Bertz CT molecular complexity index is 969. The van der Waals surface area contributed by atoms with Crippen molar-refractivity contribution in [2.24, 2.45) is 10.7 Å². The van der Waals surface area contributed by atoms with E-state index in [1.807, 2.05) is 6.07 Å². The van der Waals surface area contributed by atoms with E-state index in [0.29, 0.717) is 0 Å². The van der Waals surface area contributed by atoms with Crippen LogP contribution in [0.5, 0.6) is 5.75 Å². The molecule has 1 amide bonds. The fraction of sp³-hybridized carbons (Fsp3) is 0.211. The summed E-state index contributed by atoms with van der Waals surface area (Å²) in [4.78, 5) is 27.4. The van der Waals surface area contributed by atoms with Gasteiger partial charge in [-0.3, -0.25) is 4.79 Å². The maximum atomic E-state index is 12.5. The average Bonchev–Trinajstić information content (AvgIpc) is 3.41. The first kappa shape index (κ1) is 19.7. The number of carbonyl (C=O) groups excluding carboxylic acids is 1. The number of hydrogen-bond donors (Lipinski definition) is 5. The number of amides is 1. The molecule has 0 bridgehead atoms. The smallest absolute Gasteiger partial charge is 0.504 e. The minimum absolute atomic E-state index is 0.104. The Morgan fingerprint density at radius 3 is 2.43 bits per heavy atom. The highest BCUT2D eigenvalue weighted by Crippen LogP contribution is 2.42. The number of rotatable bonds is 6. The number of carboxylic acid groups (broad SMARTS) is 1. The summed E-state index contributed by atoms with van der Waals surface area (Å²) in [6, 6.07) is 10.7. The second-order valence-corrected chi connectivity index (χ2v) is 6.81. The van der Waals surface area contributed by atoms with Gasteiger partial charge in [0, 0.05) is 17.5 Å². The van der Waals surface area contributed by atoms with Crippen LogP contribution in [0, 0.1) is 0 Å². The highest BCUT2D eigenvalue weighted by atomic mass is 16.4. The molecule has 0 heterocycles. The Labute approximate surface area is 161 Å². The SMILES string of the molecule is NC1(c2cccc(C(=O)N=C(Cc3cccc(C(=O)O)c3O)B(O)O)c2)CC1. The molecule has 1 fully saturated rings. The molecule has 0 radical (unpaired) electrons. The Kier molecular flexibility index (Phi) is 5.32. The molecule has 0 saturated heterocycles. The standard InChI is InChI=1S/C19H19BN2O6/c21-19(7-8-19)13-5-1-4-12(9-13)17(24)22-15(20(27)28)10-11-3-2-6-14(16(11)23)18(25)26/h1-6,9,23,27-28H,7-8,10,21H2,(H,25,26). The van der Waals surface area contributed by atoms with Crippen LogP contribution >= 0.6 is 0 Å². The Morgan fingerprint density at radius 1 is 1.14 bits per heavy atom. The van der Waals surface area contributed by atoms with Crippen molar-refractivity contribution in [1.29, 1.82) is 0 Å². The van der Waals surface area contributed by atoms with Gasteiger partial charge >= 0.3 is 13.1 Å². The maximum absolute atomic E-state index is 12.5. The van der Waals surface area contributed by atoms with Gasteiger partial charge in [-0.2, -0.15) is 0 Å². The summed E-state index contributed by atoms with van der Waals surface area (Å²) in [7, 11) is -2.05. The first-order valence-corrected chi connectivity index (χ1v) is 8.63. The molecular formula is C19H19BN2O6. The molecule has 0 unspecified atom stereocenters. The van der Waals surface area contributed by atoms with Gasteiger partial charge in [-0.15, -0.1) is 0 Å². The van der Waals surface area contributed by atoms with Crippen molar-refractivity contribution in [2.75, 3.05) is 0 Å². The Hall–Kier alpha value is -3.01. The first-order chi connectivity index (χ1) is 13.2. The molecular weight excluding hydrogens is 363 g/mol. The van der Waals surface area contributed by atoms with E-state index in [0.717, 1.165) is 18.4 Å². The summed E-state index contributed by atoms with van der Waals surface area (Å²) in [6.07, 6.45) is 1.35. The van der Waals surface area contributed by atoms with Gasteiger partial charge in [-0.05, 0) is 42.2 Å². The fourth-order valence-electron chi connectivity index (χ4n) is 2.87. The van der Waals surface area contributed by atoms with Gasteiger partial charge in [0.1, 0.15) is 11.3 Å². The van der Waals surface area contributed by atoms with E-state index in [1.165, 1.54) is 18.2 Å². The number of benzene rings is 2. The molecule has 3 rings (SSSR count). The van der Waals surface area contributed by atoms with Crippen LogP contribution in [0.4, 0.5) is 0 Å². The van der Waals surface area contributed by atoms with Crippen molar-refractivity contribution in [3.8, 4) is 5.75 Å². The third kappa shape index (κ3) is 4.11. The fourth-order valence-corrected chi connectivity index (χ4v) is 2.87. The van der Waals surface area contributed by atoms with Crippen LogP contribution < -0.4 is 5.73 Å². The zero-order valence-corrected chi connectivity index (χ0v) is 14.9. The monoisotopic (exact) mass is 382 g/mol. The molecule has 1 aliphatic rings. The van der Waals surface area contributed by atoms with Crippen LogP contribution in [0.2, 0.25) is 0 Å². The van der Waals surface area contributed by atoms with E-state index in [9.17, 15) is 24.7 Å². The van der Waals surface area contributed by atoms with E-state index >= 15 is 0 Å². The van der Waals surface area contributed by atoms with Crippen LogP contribution in [0.1, 0.15) is 44.7 Å². The van der Waals surface area contributed by atoms with Crippen LogP contribution in [0.3, 0.4) is 0 Å². The van der Waals surface area contributed by atoms with Gasteiger partial charge in [-0.25, -0.2) is 9.79 Å². The highest BCUT2D eigenvalue weighted by Gasteiger charge is 2.40. The lowest BCUT2D eigenvalue weighted by Gasteiger charge is -2.11. The summed E-state index contributed by atoms with van der Waals surface area (Å²) in [5.41, 5.74) is 6.22. The molecule has 2 aromatic carbocycles. The molecule has 1 saturated carbocycles. The minimum Gasteiger partial charge on any atom is -0.507 e. The molecule has 0 aliphatic heterocycles. The number of para-hydroxylation sites is 1. The van der Waals surface area contributed by atoms with Crippen LogP contribution in [0.15, 0.2) is 47.5 Å². The van der Waals surface area contributed by atoms with Gasteiger partial charge < -0.3 is 26.0 Å². The summed E-state index contributed by atoms with van der Waals surface area (Å²) >= 11 is 0. The zero-order valence-electron chi connectivity index (χ0n) is 14.9. The lowest BCUT2D eigenvalue weighted by atomic mass is 9.79. The number of carboxylic acids is 1. The largest absolute Gasteiger partial charge is 0.507 e. The van der Waals surface area contributed by atoms with E-state index in [1.54, 1.807) is 18.2 Å². The van der Waals surface area contributed by atoms with Crippen LogP contribution in [-0.4, -0.2) is 44.9 Å². The topological polar surface area (TPSA) is 153 Å². The maximum Gasteiger partial charge on any atom is 0.504 e. The lowest BCUT2D eigenvalue weighted by Crippen LogP contribution is -2.29. The second-order valence-electron chi connectivity index (χ2n) is 6.81. The molecule has 28 heavy (non-hydrogen) atoms. The van der Waals surface area contributed by atoms with Gasteiger partial charge in [0.25, 0.3) is 5.91 Å². The van der Waals surface area contributed by atoms with Crippen LogP contribution in [0.25, 0.3) is 0 Å². The second kappa shape index (κ2) is 7.55. The molecule has 0 spiro atoms. The van der Waals surface area contributed by atoms with E-state index < -0.39 is 30.3 Å². The molecule has 0 aromatic heterocycles. The number of nitrogens with two attached hydrogens (primary N) is 1. The average molecular weight is 382 g/mol. The Morgan fingerprint density at radius 2 is 1.82 bits per heavy atom. The summed E-state index contributed by atoms with van der Waals surface area (Å²) < 4.78 is 0. The van der Waals surface area contributed by atoms with Crippen molar-refractivity contribution in [3.63, 3.8) is 0 Å². The van der Waals surface area contributed by atoms with Gasteiger partial charge in [0.2, 0.25) is 0 Å². The molecule has 1 aliphatic carbocycles. The van der Waals surface area contributed by atoms with E-state index in [4.69, 9.17) is 10.8 Å². The minimum atomic E-state index is -2.05.